The first-order chi connectivity index (χ1) is 9.00. The van der Waals surface area contributed by atoms with Crippen molar-refractivity contribution < 1.29 is 14.7 Å². The van der Waals surface area contributed by atoms with Crippen molar-refractivity contribution in [2.75, 3.05) is 12.3 Å². The van der Waals surface area contributed by atoms with E-state index in [1.807, 2.05) is 11.8 Å². The minimum absolute atomic E-state index is 0.0553. The molecule has 0 aromatic heterocycles. The fraction of sp³-hybridized carbons (Fsp3) is 0.857. The number of hydrogen-bond donors (Lipinski definition) is 2. The van der Waals surface area contributed by atoms with E-state index < -0.39 is 5.97 Å². The molecule has 4 nitrogen and oxygen atoms in total. The number of aliphatic carboxylic acids is 1. The molecule has 2 aliphatic rings. The van der Waals surface area contributed by atoms with E-state index in [1.165, 1.54) is 12.2 Å². The van der Waals surface area contributed by atoms with Crippen LogP contribution in [0, 0.1) is 11.8 Å². The Hall–Kier alpha value is -0.710. The molecule has 1 heterocycles. The van der Waals surface area contributed by atoms with Crippen molar-refractivity contribution in [1.29, 1.82) is 0 Å². The van der Waals surface area contributed by atoms with Crippen molar-refractivity contribution in [3.8, 4) is 0 Å². The Morgan fingerprint density at radius 1 is 1.32 bits per heavy atom. The highest BCUT2D eigenvalue weighted by Crippen LogP contribution is 2.37. The molecule has 1 saturated heterocycles. The average Bonchev–Trinajstić information content (AvgIpc) is 2.83. The van der Waals surface area contributed by atoms with Crippen LogP contribution in [0.3, 0.4) is 0 Å². The lowest BCUT2D eigenvalue weighted by Crippen LogP contribution is -2.41. The maximum atomic E-state index is 12.2. The summed E-state index contributed by atoms with van der Waals surface area (Å²) in [5, 5.41) is 12.1. The van der Waals surface area contributed by atoms with Crippen LogP contribution in [0.5, 0.6) is 0 Å². The van der Waals surface area contributed by atoms with Gasteiger partial charge in [0.1, 0.15) is 0 Å². The quantitative estimate of drug-likeness (QED) is 0.831. The van der Waals surface area contributed by atoms with Gasteiger partial charge < -0.3 is 10.4 Å². The van der Waals surface area contributed by atoms with Crippen LogP contribution in [-0.2, 0) is 9.59 Å². The fourth-order valence-electron chi connectivity index (χ4n) is 3.05. The van der Waals surface area contributed by atoms with E-state index >= 15 is 0 Å². The molecule has 0 radical (unpaired) electrons. The molecule has 2 fully saturated rings. The maximum Gasteiger partial charge on any atom is 0.306 e. The van der Waals surface area contributed by atoms with Gasteiger partial charge in [0.05, 0.1) is 5.92 Å². The zero-order valence-electron chi connectivity index (χ0n) is 11.5. The molecule has 1 aliphatic heterocycles. The molecule has 2 rings (SSSR count). The standard InChI is InChI=1S/C14H23NO3S/c1-14(6-3-7-19-14)9-15-12(16)10-4-2-5-11(8-10)13(17)18/h10-11H,2-9H2,1H3,(H,15,16)(H,17,18). The first-order valence-corrected chi connectivity index (χ1v) is 8.13. The Morgan fingerprint density at radius 2 is 2.05 bits per heavy atom. The van der Waals surface area contributed by atoms with Gasteiger partial charge in [-0.1, -0.05) is 6.42 Å². The highest BCUT2D eigenvalue weighted by molar-refractivity contribution is 8.00. The SMILES string of the molecule is CC1(CNC(=O)C2CCCC(C(=O)O)C2)CCCS1. The molecule has 3 unspecified atom stereocenters. The lowest BCUT2D eigenvalue weighted by molar-refractivity contribution is -0.144. The highest BCUT2D eigenvalue weighted by Gasteiger charge is 2.33. The third kappa shape index (κ3) is 3.88. The Kier molecular flexibility index (Phi) is 4.76. The molecule has 1 amide bonds. The molecule has 0 bridgehead atoms. The molecule has 3 atom stereocenters. The van der Waals surface area contributed by atoms with Gasteiger partial charge in [-0.05, 0) is 44.8 Å². The molecule has 1 saturated carbocycles. The van der Waals surface area contributed by atoms with Crippen molar-refractivity contribution in [3.63, 3.8) is 0 Å². The van der Waals surface area contributed by atoms with Crippen LogP contribution in [0.2, 0.25) is 0 Å². The summed E-state index contributed by atoms with van der Waals surface area (Å²) < 4.78 is 0.177. The van der Waals surface area contributed by atoms with Gasteiger partial charge in [0, 0.05) is 17.2 Å². The molecule has 0 spiro atoms. The zero-order valence-corrected chi connectivity index (χ0v) is 12.3. The summed E-state index contributed by atoms with van der Waals surface area (Å²) in [7, 11) is 0. The van der Waals surface area contributed by atoms with E-state index in [0.717, 1.165) is 19.3 Å². The van der Waals surface area contributed by atoms with E-state index in [9.17, 15) is 9.59 Å². The second-order valence-corrected chi connectivity index (χ2v) is 7.70. The monoisotopic (exact) mass is 285 g/mol. The molecule has 5 heteroatoms. The summed E-state index contributed by atoms with van der Waals surface area (Å²) in [4.78, 5) is 23.2. The van der Waals surface area contributed by atoms with E-state index in [4.69, 9.17) is 5.11 Å². The second-order valence-electron chi connectivity index (χ2n) is 6.02. The van der Waals surface area contributed by atoms with Gasteiger partial charge in [0.15, 0.2) is 0 Å². The van der Waals surface area contributed by atoms with Crippen LogP contribution < -0.4 is 5.32 Å². The fourth-order valence-corrected chi connectivity index (χ4v) is 4.29. The Bertz CT molecular complexity index is 353. The molecular weight excluding hydrogens is 262 g/mol. The molecule has 0 aromatic carbocycles. The third-order valence-electron chi connectivity index (χ3n) is 4.33. The van der Waals surface area contributed by atoms with Crippen molar-refractivity contribution in [3.05, 3.63) is 0 Å². The Balaban J connectivity index is 1.80. The number of rotatable bonds is 4. The topological polar surface area (TPSA) is 66.4 Å². The van der Waals surface area contributed by atoms with Crippen molar-refractivity contribution in [1.82, 2.24) is 5.32 Å². The minimum atomic E-state index is -0.754. The molecule has 19 heavy (non-hydrogen) atoms. The van der Waals surface area contributed by atoms with Crippen LogP contribution in [-0.4, -0.2) is 34.0 Å². The second kappa shape index (κ2) is 6.16. The van der Waals surface area contributed by atoms with Crippen LogP contribution >= 0.6 is 11.8 Å². The van der Waals surface area contributed by atoms with Crippen molar-refractivity contribution in [2.24, 2.45) is 11.8 Å². The lowest BCUT2D eigenvalue weighted by atomic mass is 9.81. The molecule has 2 N–H and O–H groups in total. The number of amides is 1. The Morgan fingerprint density at radius 3 is 2.68 bits per heavy atom. The van der Waals surface area contributed by atoms with Gasteiger partial charge in [0.2, 0.25) is 5.91 Å². The number of carboxylic acids is 1. The van der Waals surface area contributed by atoms with Gasteiger partial charge in [-0.2, -0.15) is 11.8 Å². The van der Waals surface area contributed by atoms with Crippen LogP contribution in [0.25, 0.3) is 0 Å². The molecule has 1 aliphatic carbocycles. The summed E-state index contributed by atoms with van der Waals surface area (Å²) >= 11 is 1.93. The largest absolute Gasteiger partial charge is 0.481 e. The summed E-state index contributed by atoms with van der Waals surface area (Å²) in [6, 6.07) is 0. The first kappa shape index (κ1) is 14.7. The van der Waals surface area contributed by atoms with Gasteiger partial charge >= 0.3 is 5.97 Å². The average molecular weight is 285 g/mol. The highest BCUT2D eigenvalue weighted by atomic mass is 32.2. The van der Waals surface area contributed by atoms with E-state index in [0.29, 0.717) is 19.4 Å². The zero-order chi connectivity index (χ0) is 13.9. The molecule has 0 aromatic rings. The number of hydrogen-bond acceptors (Lipinski definition) is 3. The van der Waals surface area contributed by atoms with Gasteiger partial charge in [-0.3, -0.25) is 9.59 Å². The predicted octanol–water partition coefficient (Wildman–Crippen LogP) is 2.28. The predicted molar refractivity (Wildman–Crippen MR) is 76.2 cm³/mol. The van der Waals surface area contributed by atoms with E-state index in [1.54, 1.807) is 0 Å². The van der Waals surface area contributed by atoms with Gasteiger partial charge in [0.25, 0.3) is 0 Å². The number of carboxylic acid groups (broad SMARTS) is 1. The molecular formula is C14H23NO3S. The normalized spacial score (nSPS) is 35.0. The van der Waals surface area contributed by atoms with Crippen LogP contribution in [0.4, 0.5) is 0 Å². The van der Waals surface area contributed by atoms with Crippen LogP contribution in [0.1, 0.15) is 45.4 Å². The third-order valence-corrected chi connectivity index (χ3v) is 5.87. The lowest BCUT2D eigenvalue weighted by Gasteiger charge is -2.28. The summed E-state index contributed by atoms with van der Waals surface area (Å²) in [5.74, 6) is 0.0398. The summed E-state index contributed by atoms with van der Waals surface area (Å²) in [6.07, 6.45) is 5.28. The number of carbonyl (C=O) groups is 2. The minimum Gasteiger partial charge on any atom is -0.481 e. The number of thioether (sulfide) groups is 1. The van der Waals surface area contributed by atoms with Crippen molar-refractivity contribution in [2.45, 2.75) is 50.2 Å². The Labute approximate surface area is 118 Å². The molecule has 108 valence electrons. The van der Waals surface area contributed by atoms with Gasteiger partial charge in [-0.15, -0.1) is 0 Å². The summed E-state index contributed by atoms with van der Waals surface area (Å²) in [6.45, 7) is 2.91. The maximum absolute atomic E-state index is 12.2. The van der Waals surface area contributed by atoms with Crippen LogP contribution in [0.15, 0.2) is 0 Å². The number of nitrogens with one attached hydrogen (secondary N) is 1. The van der Waals surface area contributed by atoms with E-state index in [2.05, 4.69) is 12.2 Å². The number of carbonyl (C=O) groups excluding carboxylic acids is 1. The first-order valence-electron chi connectivity index (χ1n) is 7.15. The van der Waals surface area contributed by atoms with E-state index in [-0.39, 0.29) is 22.5 Å². The van der Waals surface area contributed by atoms with Crippen molar-refractivity contribution >= 4 is 23.6 Å². The summed E-state index contributed by atoms with van der Waals surface area (Å²) in [5.41, 5.74) is 0. The van der Waals surface area contributed by atoms with Gasteiger partial charge in [-0.25, -0.2) is 0 Å². The smallest absolute Gasteiger partial charge is 0.306 e.